The average Bonchev–Trinajstić information content (AvgIpc) is 2.45. The Labute approximate surface area is 132 Å². The molecule has 1 rings (SSSR count). The van der Waals surface area contributed by atoms with Crippen LogP contribution >= 0.6 is 0 Å². The summed E-state index contributed by atoms with van der Waals surface area (Å²) >= 11 is 0. The first kappa shape index (κ1) is 18.7. The normalized spacial score (nSPS) is 25.4. The summed E-state index contributed by atoms with van der Waals surface area (Å²) in [5.74, 6) is -0.763. The van der Waals surface area contributed by atoms with Crippen molar-refractivity contribution in [3.8, 4) is 0 Å². The maximum absolute atomic E-state index is 11.9. The van der Waals surface area contributed by atoms with Gasteiger partial charge in [0, 0.05) is 17.9 Å². The molecule has 0 radical (unpaired) electrons. The zero-order valence-electron chi connectivity index (χ0n) is 14.1. The van der Waals surface area contributed by atoms with E-state index in [1.165, 1.54) is 0 Å². The van der Waals surface area contributed by atoms with E-state index in [0.717, 1.165) is 0 Å². The van der Waals surface area contributed by atoms with Crippen molar-refractivity contribution in [2.75, 3.05) is 6.61 Å². The molecule has 1 saturated carbocycles. The van der Waals surface area contributed by atoms with Gasteiger partial charge in [0.1, 0.15) is 6.10 Å². The predicted molar refractivity (Wildman–Crippen MR) is 83.1 cm³/mol. The first-order valence-corrected chi connectivity index (χ1v) is 7.89. The van der Waals surface area contributed by atoms with Crippen LogP contribution < -0.4 is 0 Å². The fourth-order valence-corrected chi connectivity index (χ4v) is 2.25. The third-order valence-electron chi connectivity index (χ3n) is 4.40. The van der Waals surface area contributed by atoms with Crippen molar-refractivity contribution in [1.29, 1.82) is 0 Å². The van der Waals surface area contributed by atoms with Gasteiger partial charge in [0.25, 0.3) is 0 Å². The van der Waals surface area contributed by atoms with Crippen LogP contribution in [0.2, 0.25) is 0 Å². The molecule has 0 aliphatic heterocycles. The van der Waals surface area contributed by atoms with Crippen LogP contribution in [0.15, 0.2) is 12.2 Å². The van der Waals surface area contributed by atoms with Crippen LogP contribution in [0.4, 0.5) is 0 Å². The molecule has 126 valence electrons. The van der Waals surface area contributed by atoms with Gasteiger partial charge in [-0.3, -0.25) is 4.79 Å². The molecule has 0 saturated heterocycles. The van der Waals surface area contributed by atoms with E-state index in [9.17, 15) is 14.7 Å². The van der Waals surface area contributed by atoms with E-state index in [1.807, 2.05) is 20.8 Å². The Balaban J connectivity index is 2.43. The molecule has 0 bridgehead atoms. The van der Waals surface area contributed by atoms with E-state index < -0.39 is 17.5 Å². The lowest BCUT2D eigenvalue weighted by Crippen LogP contribution is -2.38. The first-order chi connectivity index (χ1) is 10.2. The molecule has 5 nitrogen and oxygen atoms in total. The van der Waals surface area contributed by atoms with Gasteiger partial charge in [-0.25, -0.2) is 4.79 Å². The second-order valence-electron chi connectivity index (χ2n) is 6.78. The van der Waals surface area contributed by atoms with E-state index in [-0.39, 0.29) is 24.6 Å². The summed E-state index contributed by atoms with van der Waals surface area (Å²) < 4.78 is 10.6. The molecule has 0 aromatic heterocycles. The van der Waals surface area contributed by atoms with Crippen LogP contribution in [0.25, 0.3) is 0 Å². The highest BCUT2D eigenvalue weighted by Gasteiger charge is 2.34. The molecule has 3 unspecified atom stereocenters. The molecule has 0 aromatic carbocycles. The van der Waals surface area contributed by atoms with E-state index in [0.29, 0.717) is 31.3 Å². The molecule has 1 aliphatic carbocycles. The molecule has 0 amide bonds. The van der Waals surface area contributed by atoms with Gasteiger partial charge in [-0.15, -0.1) is 0 Å². The van der Waals surface area contributed by atoms with Crippen LogP contribution in [0.1, 0.15) is 53.4 Å². The second kappa shape index (κ2) is 7.77. The van der Waals surface area contributed by atoms with Crippen molar-refractivity contribution in [1.82, 2.24) is 0 Å². The minimum atomic E-state index is -0.630. The van der Waals surface area contributed by atoms with Crippen LogP contribution in [0.3, 0.4) is 0 Å². The van der Waals surface area contributed by atoms with Crippen molar-refractivity contribution >= 4 is 11.9 Å². The van der Waals surface area contributed by atoms with E-state index in [2.05, 4.69) is 6.58 Å². The molecule has 22 heavy (non-hydrogen) atoms. The number of hydrogen-bond donors (Lipinski definition) is 1. The van der Waals surface area contributed by atoms with Crippen molar-refractivity contribution < 1.29 is 24.2 Å². The standard InChI is InChI=1S/C17H28O5/c1-6-17(4,5)16(20)21-10-12-7-8-13(9-14(12)18)22-15(19)11(2)3/h12-14,18H,2,6-10H2,1,3-5H3. The number of ether oxygens (including phenoxy) is 2. The van der Waals surface area contributed by atoms with Crippen molar-refractivity contribution in [2.24, 2.45) is 11.3 Å². The highest BCUT2D eigenvalue weighted by atomic mass is 16.5. The summed E-state index contributed by atoms with van der Waals surface area (Å²) in [6, 6.07) is 0. The van der Waals surface area contributed by atoms with Gasteiger partial charge < -0.3 is 14.6 Å². The molecule has 1 fully saturated rings. The number of carbonyl (C=O) groups excluding carboxylic acids is 2. The quantitative estimate of drug-likeness (QED) is 0.603. The van der Waals surface area contributed by atoms with E-state index in [4.69, 9.17) is 9.47 Å². The zero-order valence-corrected chi connectivity index (χ0v) is 14.1. The van der Waals surface area contributed by atoms with Crippen LogP contribution in [-0.4, -0.2) is 35.9 Å². The predicted octanol–water partition coefficient (Wildman–Crippen LogP) is 2.61. The number of aliphatic hydroxyl groups is 1. The average molecular weight is 312 g/mol. The highest BCUT2D eigenvalue weighted by Crippen LogP contribution is 2.29. The highest BCUT2D eigenvalue weighted by molar-refractivity contribution is 5.87. The van der Waals surface area contributed by atoms with Gasteiger partial charge in [-0.05, 0) is 40.0 Å². The van der Waals surface area contributed by atoms with Crippen LogP contribution in [0, 0.1) is 11.3 Å². The van der Waals surface area contributed by atoms with E-state index >= 15 is 0 Å². The van der Waals surface area contributed by atoms with Gasteiger partial charge in [-0.2, -0.15) is 0 Å². The van der Waals surface area contributed by atoms with Gasteiger partial charge >= 0.3 is 11.9 Å². The van der Waals surface area contributed by atoms with Gasteiger partial charge in [0.15, 0.2) is 0 Å². The summed E-state index contributed by atoms with van der Waals surface area (Å²) in [5.41, 5.74) is -0.147. The Morgan fingerprint density at radius 2 is 1.95 bits per heavy atom. The molecule has 5 heteroatoms. The lowest BCUT2D eigenvalue weighted by molar-refractivity contribution is -0.159. The Morgan fingerprint density at radius 3 is 2.45 bits per heavy atom. The lowest BCUT2D eigenvalue weighted by atomic mass is 9.85. The SMILES string of the molecule is C=C(C)C(=O)OC1CCC(COC(=O)C(C)(C)CC)C(O)C1. The zero-order chi connectivity index (χ0) is 16.9. The number of carbonyl (C=O) groups is 2. The molecule has 3 atom stereocenters. The molecule has 1 aliphatic rings. The monoisotopic (exact) mass is 312 g/mol. The van der Waals surface area contributed by atoms with Gasteiger partial charge in [0.05, 0.1) is 18.1 Å². The molecule has 0 aromatic rings. The van der Waals surface area contributed by atoms with E-state index in [1.54, 1.807) is 6.92 Å². The molecule has 1 N–H and O–H groups in total. The summed E-state index contributed by atoms with van der Waals surface area (Å²) in [4.78, 5) is 23.4. The van der Waals surface area contributed by atoms with Crippen molar-refractivity contribution in [3.63, 3.8) is 0 Å². The van der Waals surface area contributed by atoms with Gasteiger partial charge in [-0.1, -0.05) is 13.5 Å². The number of esters is 2. The maximum atomic E-state index is 11.9. The largest absolute Gasteiger partial charge is 0.465 e. The molecule has 0 spiro atoms. The summed E-state index contributed by atoms with van der Waals surface area (Å²) in [7, 11) is 0. The summed E-state index contributed by atoms with van der Waals surface area (Å²) in [6.45, 7) is 11.0. The topological polar surface area (TPSA) is 72.8 Å². The molecule has 0 heterocycles. The maximum Gasteiger partial charge on any atom is 0.333 e. The fourth-order valence-electron chi connectivity index (χ4n) is 2.25. The second-order valence-corrected chi connectivity index (χ2v) is 6.78. The Kier molecular flexibility index (Phi) is 6.60. The summed E-state index contributed by atoms with van der Waals surface area (Å²) in [6.07, 6.45) is 1.48. The third kappa shape index (κ3) is 5.13. The van der Waals surface area contributed by atoms with Crippen LogP contribution in [0.5, 0.6) is 0 Å². The Hall–Kier alpha value is -1.36. The molecular weight excluding hydrogens is 284 g/mol. The van der Waals surface area contributed by atoms with Crippen LogP contribution in [-0.2, 0) is 19.1 Å². The third-order valence-corrected chi connectivity index (χ3v) is 4.40. The Bertz CT molecular complexity index is 427. The first-order valence-electron chi connectivity index (χ1n) is 7.89. The summed E-state index contributed by atoms with van der Waals surface area (Å²) in [5, 5.41) is 10.2. The Morgan fingerprint density at radius 1 is 1.32 bits per heavy atom. The lowest BCUT2D eigenvalue weighted by Gasteiger charge is -2.33. The number of rotatable bonds is 6. The van der Waals surface area contributed by atoms with Crippen molar-refractivity contribution in [2.45, 2.75) is 65.6 Å². The number of aliphatic hydroxyl groups excluding tert-OH is 1. The minimum Gasteiger partial charge on any atom is -0.465 e. The molecular formula is C17H28O5. The van der Waals surface area contributed by atoms with Gasteiger partial charge in [0.2, 0.25) is 0 Å². The minimum absolute atomic E-state index is 0.101. The van der Waals surface area contributed by atoms with Crippen molar-refractivity contribution in [3.05, 3.63) is 12.2 Å². The fraction of sp³-hybridized carbons (Fsp3) is 0.765. The smallest absolute Gasteiger partial charge is 0.333 e. The number of hydrogen-bond acceptors (Lipinski definition) is 5.